The zero-order chi connectivity index (χ0) is 15.0. The molecule has 2 N–H and O–H groups in total. The summed E-state index contributed by atoms with van der Waals surface area (Å²) in [6, 6.07) is -0.196. The van der Waals surface area contributed by atoms with Gasteiger partial charge in [-0.25, -0.2) is 4.79 Å². The van der Waals surface area contributed by atoms with Crippen LogP contribution in [0.25, 0.3) is 0 Å². The number of carbonyl (C=O) groups excluding carboxylic acids is 1. The van der Waals surface area contributed by atoms with Gasteiger partial charge in [0.2, 0.25) is 0 Å². The molecule has 0 unspecified atom stereocenters. The lowest BCUT2D eigenvalue weighted by atomic mass is 9.81. The Balaban J connectivity index is 1.62. The number of aryl methyl sites for hydroxylation is 1. The number of nitrogens with zero attached hydrogens (tertiary/aromatic N) is 3. The summed E-state index contributed by atoms with van der Waals surface area (Å²) in [5, 5.41) is 16.3. The number of rotatable bonds is 3. The highest BCUT2D eigenvalue weighted by Gasteiger charge is 2.55. The largest absolute Gasteiger partial charge is 0.481 e. The zero-order valence-electron chi connectivity index (χ0n) is 11.8. The maximum atomic E-state index is 12.2. The second-order valence-electron chi connectivity index (χ2n) is 5.87. The Morgan fingerprint density at radius 3 is 3.00 bits per heavy atom. The molecule has 2 fully saturated rings. The van der Waals surface area contributed by atoms with E-state index >= 15 is 0 Å². The quantitative estimate of drug-likeness (QED) is 0.876. The zero-order valence-corrected chi connectivity index (χ0v) is 12.7. The van der Waals surface area contributed by atoms with Crippen LogP contribution in [0.3, 0.4) is 0 Å². The topological polar surface area (TPSA) is 95.4 Å². The van der Waals surface area contributed by atoms with Gasteiger partial charge in [0.25, 0.3) is 0 Å². The van der Waals surface area contributed by atoms with Crippen LogP contribution in [-0.4, -0.2) is 44.7 Å². The highest BCUT2D eigenvalue weighted by molar-refractivity contribution is 7.05. The standard InChI is InChI=1S/C13H18N4O3S/c1-8-10(21-16-15-8)5-14-12(20)17-6-9-3-2-4-13(9,7-17)11(18)19/h9H,2-7H2,1H3,(H,14,20)(H,18,19)/t9-,13+/m0/s1. The number of urea groups is 1. The van der Waals surface area contributed by atoms with E-state index in [1.165, 1.54) is 11.5 Å². The molecule has 2 aliphatic rings. The Labute approximate surface area is 126 Å². The van der Waals surface area contributed by atoms with Crippen LogP contribution in [0.15, 0.2) is 0 Å². The fourth-order valence-electron chi connectivity index (χ4n) is 3.47. The number of aromatic nitrogens is 2. The van der Waals surface area contributed by atoms with Crippen LogP contribution in [0.5, 0.6) is 0 Å². The second kappa shape index (κ2) is 5.25. The summed E-state index contributed by atoms with van der Waals surface area (Å²) in [5.74, 6) is -0.671. The molecule has 2 atom stereocenters. The highest BCUT2D eigenvalue weighted by Crippen LogP contribution is 2.48. The van der Waals surface area contributed by atoms with Crippen molar-refractivity contribution in [3.05, 3.63) is 10.6 Å². The van der Waals surface area contributed by atoms with Crippen LogP contribution in [0.4, 0.5) is 4.79 Å². The molecule has 1 saturated carbocycles. The van der Waals surface area contributed by atoms with Gasteiger partial charge in [0.15, 0.2) is 0 Å². The minimum absolute atomic E-state index is 0.0903. The third-order valence-corrected chi connectivity index (χ3v) is 5.55. The lowest BCUT2D eigenvalue weighted by Crippen LogP contribution is -2.41. The van der Waals surface area contributed by atoms with E-state index in [0.29, 0.717) is 26.1 Å². The molecule has 1 saturated heterocycles. The van der Waals surface area contributed by atoms with E-state index in [1.54, 1.807) is 4.90 Å². The number of carboxylic acids is 1. The van der Waals surface area contributed by atoms with Crippen molar-refractivity contribution in [1.82, 2.24) is 19.8 Å². The first-order valence-electron chi connectivity index (χ1n) is 7.07. The summed E-state index contributed by atoms with van der Waals surface area (Å²) in [6.07, 6.45) is 2.51. The molecule has 21 heavy (non-hydrogen) atoms. The second-order valence-corrected chi connectivity index (χ2v) is 6.71. The maximum absolute atomic E-state index is 12.2. The van der Waals surface area contributed by atoms with Crippen LogP contribution in [-0.2, 0) is 11.3 Å². The Kier molecular flexibility index (Phi) is 3.56. The minimum Gasteiger partial charge on any atom is -0.481 e. The average Bonchev–Trinajstić information content (AvgIpc) is 3.09. The Morgan fingerprint density at radius 2 is 2.38 bits per heavy atom. The third kappa shape index (κ3) is 2.37. The Bertz CT molecular complexity index is 576. The van der Waals surface area contributed by atoms with E-state index in [9.17, 15) is 14.7 Å². The summed E-state index contributed by atoms with van der Waals surface area (Å²) < 4.78 is 3.83. The summed E-state index contributed by atoms with van der Waals surface area (Å²) in [4.78, 5) is 26.4. The van der Waals surface area contributed by atoms with Crippen molar-refractivity contribution < 1.29 is 14.7 Å². The summed E-state index contributed by atoms with van der Waals surface area (Å²) >= 11 is 1.27. The van der Waals surface area contributed by atoms with Crippen molar-refractivity contribution in [3.8, 4) is 0 Å². The number of fused-ring (bicyclic) bond motifs is 1. The molecule has 1 aromatic rings. The predicted molar refractivity (Wildman–Crippen MR) is 75.9 cm³/mol. The molecule has 7 nitrogen and oxygen atoms in total. The number of amides is 2. The first kappa shape index (κ1) is 14.2. The molecule has 0 aromatic carbocycles. The van der Waals surface area contributed by atoms with E-state index < -0.39 is 11.4 Å². The van der Waals surface area contributed by atoms with Crippen molar-refractivity contribution in [2.45, 2.75) is 32.7 Å². The van der Waals surface area contributed by atoms with E-state index in [-0.39, 0.29) is 11.9 Å². The lowest BCUT2D eigenvalue weighted by Gasteiger charge is -2.23. The van der Waals surface area contributed by atoms with Crippen LogP contribution >= 0.6 is 11.5 Å². The van der Waals surface area contributed by atoms with Gasteiger partial charge in [-0.3, -0.25) is 4.79 Å². The van der Waals surface area contributed by atoms with Gasteiger partial charge >= 0.3 is 12.0 Å². The fraction of sp³-hybridized carbons (Fsp3) is 0.692. The minimum atomic E-state index is -0.761. The van der Waals surface area contributed by atoms with E-state index in [0.717, 1.165) is 23.4 Å². The number of aliphatic carboxylic acids is 1. The predicted octanol–water partition coefficient (Wildman–Crippen LogP) is 1.24. The van der Waals surface area contributed by atoms with Gasteiger partial charge in [-0.05, 0) is 37.2 Å². The van der Waals surface area contributed by atoms with Gasteiger partial charge in [-0.15, -0.1) is 5.10 Å². The molecule has 0 radical (unpaired) electrons. The average molecular weight is 310 g/mol. The normalized spacial score (nSPS) is 27.7. The van der Waals surface area contributed by atoms with E-state index in [2.05, 4.69) is 14.9 Å². The third-order valence-electron chi connectivity index (χ3n) is 4.73. The molecule has 0 bridgehead atoms. The molecule has 8 heteroatoms. The van der Waals surface area contributed by atoms with Gasteiger partial charge in [0.1, 0.15) is 0 Å². The summed E-state index contributed by atoms with van der Waals surface area (Å²) in [6.45, 7) is 3.10. The Hall–Kier alpha value is -1.70. The van der Waals surface area contributed by atoms with Crippen molar-refractivity contribution in [1.29, 1.82) is 0 Å². The molecule has 0 spiro atoms. The number of likely N-dealkylation sites (tertiary alicyclic amines) is 1. The van der Waals surface area contributed by atoms with Crippen molar-refractivity contribution in [2.24, 2.45) is 11.3 Å². The number of carboxylic acid groups (broad SMARTS) is 1. The molecule has 114 valence electrons. The summed E-state index contributed by atoms with van der Waals surface area (Å²) in [5.41, 5.74) is 0.0971. The van der Waals surface area contributed by atoms with Crippen molar-refractivity contribution >= 4 is 23.5 Å². The van der Waals surface area contributed by atoms with Crippen LogP contribution in [0.2, 0.25) is 0 Å². The van der Waals surface area contributed by atoms with Crippen LogP contribution < -0.4 is 5.32 Å². The molecule has 3 rings (SSSR count). The maximum Gasteiger partial charge on any atom is 0.317 e. The smallest absolute Gasteiger partial charge is 0.317 e. The number of hydrogen-bond donors (Lipinski definition) is 2. The Morgan fingerprint density at radius 1 is 1.57 bits per heavy atom. The molecular weight excluding hydrogens is 292 g/mol. The van der Waals surface area contributed by atoms with E-state index in [4.69, 9.17) is 0 Å². The van der Waals surface area contributed by atoms with Crippen molar-refractivity contribution in [2.75, 3.05) is 13.1 Å². The number of carbonyl (C=O) groups is 2. The van der Waals surface area contributed by atoms with Gasteiger partial charge in [-0.1, -0.05) is 10.9 Å². The molecule has 2 heterocycles. The lowest BCUT2D eigenvalue weighted by molar-refractivity contribution is -0.149. The van der Waals surface area contributed by atoms with Crippen LogP contribution in [0, 0.1) is 18.3 Å². The number of hydrogen-bond acceptors (Lipinski definition) is 5. The monoisotopic (exact) mass is 310 g/mol. The van der Waals surface area contributed by atoms with Crippen molar-refractivity contribution in [3.63, 3.8) is 0 Å². The first-order valence-corrected chi connectivity index (χ1v) is 7.84. The molecule has 1 aliphatic carbocycles. The van der Waals surface area contributed by atoms with E-state index in [1.807, 2.05) is 6.92 Å². The first-order chi connectivity index (χ1) is 10.0. The molecular formula is C13H18N4O3S. The van der Waals surface area contributed by atoms with Crippen LogP contribution in [0.1, 0.15) is 29.8 Å². The van der Waals surface area contributed by atoms with Gasteiger partial charge < -0.3 is 15.3 Å². The van der Waals surface area contributed by atoms with Gasteiger partial charge in [0.05, 0.1) is 22.5 Å². The number of nitrogens with one attached hydrogen (secondary N) is 1. The molecule has 1 aliphatic heterocycles. The molecule has 1 aromatic heterocycles. The molecule has 2 amide bonds. The van der Waals surface area contributed by atoms with Gasteiger partial charge in [-0.2, -0.15) is 0 Å². The fourth-order valence-corrected chi connectivity index (χ4v) is 4.05. The SMILES string of the molecule is Cc1nnsc1CNC(=O)N1C[C@@H]2CCC[C@@]2(C(=O)O)C1. The van der Waals surface area contributed by atoms with Gasteiger partial charge in [0, 0.05) is 13.1 Å². The highest BCUT2D eigenvalue weighted by atomic mass is 32.1. The summed E-state index contributed by atoms with van der Waals surface area (Å²) in [7, 11) is 0.